The third kappa shape index (κ3) is 2.16. The molecule has 1 N–H and O–H groups in total. The maximum absolute atomic E-state index is 11.5. The number of hydrogen-bond acceptors (Lipinski definition) is 2. The summed E-state index contributed by atoms with van der Waals surface area (Å²) in [6.45, 7) is -0.824. The molecule has 0 spiro atoms. The zero-order valence-corrected chi connectivity index (χ0v) is 7.50. The summed E-state index contributed by atoms with van der Waals surface area (Å²) in [5, 5.41) is 9.04. The fraction of sp³-hybridized carbons (Fsp3) is 0.364. The summed E-state index contributed by atoms with van der Waals surface area (Å²) >= 11 is 0. The molecule has 1 aromatic rings. The van der Waals surface area contributed by atoms with E-state index in [9.17, 15) is 4.79 Å². The molecule has 2 heteroatoms. The van der Waals surface area contributed by atoms with Crippen molar-refractivity contribution in [3.8, 4) is 0 Å². The summed E-state index contributed by atoms with van der Waals surface area (Å²) in [6.07, 6.45) is 0.651. The number of aryl methyl sites for hydroxylation is 1. The molecule has 0 amide bonds. The van der Waals surface area contributed by atoms with Crippen LogP contribution in [0.5, 0.6) is 0 Å². The first kappa shape index (κ1) is 6.33. The lowest BCUT2D eigenvalue weighted by atomic mass is 10.0. The maximum Gasteiger partial charge on any atom is 0.159 e. The van der Waals surface area contributed by atoms with Gasteiger partial charge in [0, 0.05) is 9.68 Å². The third-order valence-corrected chi connectivity index (χ3v) is 2.02. The van der Waals surface area contributed by atoms with E-state index in [1.54, 1.807) is 12.1 Å². The minimum absolute atomic E-state index is 0.106. The Morgan fingerprint density at radius 1 is 1.54 bits per heavy atom. The first-order chi connectivity index (χ1) is 7.40. The van der Waals surface area contributed by atoms with Gasteiger partial charge in [0.15, 0.2) is 5.78 Å². The molecule has 0 bridgehead atoms. The summed E-state index contributed by atoms with van der Waals surface area (Å²) in [4.78, 5) is 11.5. The summed E-state index contributed by atoms with van der Waals surface area (Å²) in [7, 11) is 0. The summed E-state index contributed by atoms with van der Waals surface area (Å²) in [5.74, 6) is -0.855. The predicted molar refractivity (Wildman–Crippen MR) is 51.7 cm³/mol. The van der Waals surface area contributed by atoms with Crippen LogP contribution in [0.2, 0.25) is 0 Å². The molecule has 0 radical (unpaired) electrons. The lowest BCUT2D eigenvalue weighted by molar-refractivity contribution is 0.101. The standard InChI is InChI=1S/C11H14O2/c1-3-9-6-10(8(2)13)4-5-11(9)7-12/h4-6,12H,3,7H2,1-2H3/i2D3. The number of hydrogen-bond donors (Lipinski definition) is 1. The molecule has 1 rings (SSSR count). The van der Waals surface area contributed by atoms with Crippen molar-refractivity contribution >= 4 is 5.78 Å². The number of ketones is 1. The number of Topliss-reactive ketones (excluding diaryl/α,β-unsaturated/α-hetero) is 1. The smallest absolute Gasteiger partial charge is 0.159 e. The average Bonchev–Trinajstić information content (AvgIpc) is 2.25. The van der Waals surface area contributed by atoms with Gasteiger partial charge in [0.25, 0.3) is 0 Å². The second-order valence-electron chi connectivity index (χ2n) is 2.82. The van der Waals surface area contributed by atoms with Crippen LogP contribution < -0.4 is 0 Å². The number of benzene rings is 1. The highest BCUT2D eigenvalue weighted by molar-refractivity contribution is 5.94. The molecule has 0 aliphatic heterocycles. The number of aliphatic hydroxyl groups is 1. The summed E-state index contributed by atoms with van der Waals surface area (Å²) in [6, 6.07) is 4.58. The van der Waals surface area contributed by atoms with E-state index in [0.29, 0.717) is 6.42 Å². The van der Waals surface area contributed by atoms with Gasteiger partial charge in [-0.3, -0.25) is 4.79 Å². The molecular weight excluding hydrogens is 164 g/mol. The minimum Gasteiger partial charge on any atom is -0.392 e. The van der Waals surface area contributed by atoms with E-state index in [0.717, 1.165) is 11.1 Å². The van der Waals surface area contributed by atoms with Gasteiger partial charge in [-0.1, -0.05) is 19.1 Å². The van der Waals surface area contributed by atoms with Gasteiger partial charge in [0.2, 0.25) is 0 Å². The molecule has 0 aliphatic carbocycles. The Morgan fingerprint density at radius 2 is 2.31 bits per heavy atom. The molecule has 0 aromatic heterocycles. The fourth-order valence-corrected chi connectivity index (χ4v) is 1.25. The molecule has 0 aliphatic rings. The first-order valence-corrected chi connectivity index (χ1v) is 4.17. The van der Waals surface area contributed by atoms with Crippen LogP contribution in [0.4, 0.5) is 0 Å². The van der Waals surface area contributed by atoms with Crippen LogP contribution in [0.25, 0.3) is 0 Å². The van der Waals surface area contributed by atoms with Crippen molar-refractivity contribution < 1.29 is 14.0 Å². The van der Waals surface area contributed by atoms with Gasteiger partial charge in [-0.05, 0) is 30.5 Å². The van der Waals surface area contributed by atoms with Crippen LogP contribution >= 0.6 is 0 Å². The lowest BCUT2D eigenvalue weighted by Gasteiger charge is -2.06. The first-order valence-electron chi connectivity index (χ1n) is 5.67. The van der Waals surface area contributed by atoms with Crippen molar-refractivity contribution in [2.24, 2.45) is 0 Å². The van der Waals surface area contributed by atoms with Crippen LogP contribution in [0.3, 0.4) is 0 Å². The summed E-state index contributed by atoms with van der Waals surface area (Å²) < 4.78 is 21.1. The fourth-order valence-electron chi connectivity index (χ4n) is 1.25. The largest absolute Gasteiger partial charge is 0.392 e. The van der Waals surface area contributed by atoms with Crippen LogP contribution in [0, 0.1) is 0 Å². The van der Waals surface area contributed by atoms with Crippen LogP contribution in [-0.2, 0) is 13.0 Å². The van der Waals surface area contributed by atoms with Gasteiger partial charge < -0.3 is 5.11 Å². The SMILES string of the molecule is [2H]C([2H])([2H])C(=O)c1ccc(CO)c(CC)c1. The molecule has 70 valence electrons. The van der Waals surface area contributed by atoms with Crippen LogP contribution in [0.15, 0.2) is 18.2 Å². The highest BCUT2D eigenvalue weighted by Crippen LogP contribution is 2.13. The Balaban J connectivity index is 3.13. The van der Waals surface area contributed by atoms with Crippen molar-refractivity contribution in [3.63, 3.8) is 0 Å². The number of carbonyl (C=O) groups is 1. The van der Waals surface area contributed by atoms with Crippen LogP contribution in [0.1, 0.15) is 39.4 Å². The Bertz CT molecular complexity index is 397. The lowest BCUT2D eigenvalue weighted by Crippen LogP contribution is -1.98. The van der Waals surface area contributed by atoms with Crippen LogP contribution in [-0.4, -0.2) is 10.9 Å². The highest BCUT2D eigenvalue weighted by atomic mass is 16.3. The topological polar surface area (TPSA) is 37.3 Å². The van der Waals surface area contributed by atoms with Crippen molar-refractivity contribution in [1.82, 2.24) is 0 Å². The zero-order valence-electron chi connectivity index (χ0n) is 10.5. The van der Waals surface area contributed by atoms with Crippen molar-refractivity contribution in [2.45, 2.75) is 26.8 Å². The molecule has 0 unspecified atom stereocenters. The number of rotatable bonds is 3. The molecule has 2 nitrogen and oxygen atoms in total. The third-order valence-electron chi connectivity index (χ3n) is 2.02. The van der Waals surface area contributed by atoms with E-state index in [1.165, 1.54) is 6.07 Å². The molecule has 1 aromatic carbocycles. The Labute approximate surface area is 82.4 Å². The van der Waals surface area contributed by atoms with E-state index in [2.05, 4.69) is 0 Å². The second-order valence-corrected chi connectivity index (χ2v) is 2.82. The van der Waals surface area contributed by atoms with E-state index < -0.39 is 12.6 Å². The molecule has 13 heavy (non-hydrogen) atoms. The number of carbonyl (C=O) groups excluding carboxylic acids is 1. The van der Waals surface area contributed by atoms with E-state index in [-0.39, 0.29) is 12.2 Å². The number of aliphatic hydroxyl groups excluding tert-OH is 1. The highest BCUT2D eigenvalue weighted by Gasteiger charge is 2.03. The van der Waals surface area contributed by atoms with Crippen molar-refractivity contribution in [1.29, 1.82) is 0 Å². The average molecular weight is 181 g/mol. The van der Waals surface area contributed by atoms with Gasteiger partial charge in [0.1, 0.15) is 0 Å². The van der Waals surface area contributed by atoms with Gasteiger partial charge >= 0.3 is 0 Å². The van der Waals surface area contributed by atoms with Gasteiger partial charge in [-0.2, -0.15) is 0 Å². The molecule has 0 saturated carbocycles. The van der Waals surface area contributed by atoms with Gasteiger partial charge in [0.05, 0.1) is 6.61 Å². The maximum atomic E-state index is 11.5. The van der Waals surface area contributed by atoms with Crippen molar-refractivity contribution in [2.75, 3.05) is 0 Å². The predicted octanol–water partition coefficient (Wildman–Crippen LogP) is 1.94. The Hall–Kier alpha value is -1.15. The molecule has 0 saturated heterocycles. The van der Waals surface area contributed by atoms with E-state index in [4.69, 9.17) is 9.22 Å². The quantitative estimate of drug-likeness (QED) is 0.723. The monoisotopic (exact) mass is 181 g/mol. The minimum atomic E-state index is -2.61. The molecule has 0 heterocycles. The normalized spacial score (nSPS) is 14.5. The van der Waals surface area contributed by atoms with Gasteiger partial charge in [-0.15, -0.1) is 0 Å². The zero-order chi connectivity index (χ0) is 12.3. The molecule has 0 fully saturated rings. The van der Waals surface area contributed by atoms with Gasteiger partial charge in [-0.25, -0.2) is 0 Å². The van der Waals surface area contributed by atoms with E-state index in [1.807, 2.05) is 6.92 Å². The second kappa shape index (κ2) is 4.19. The molecular formula is C11H14O2. The Morgan fingerprint density at radius 3 is 2.85 bits per heavy atom. The molecule has 0 atom stereocenters. The van der Waals surface area contributed by atoms with E-state index >= 15 is 0 Å². The van der Waals surface area contributed by atoms with Crippen molar-refractivity contribution in [3.05, 3.63) is 34.9 Å². The summed E-state index contributed by atoms with van der Waals surface area (Å²) in [5.41, 5.74) is 1.70. The Kier molecular flexibility index (Phi) is 2.04.